The smallest absolute Gasteiger partial charge is 0.303 e. The van der Waals surface area contributed by atoms with E-state index in [0.717, 1.165) is 18.8 Å². The summed E-state index contributed by atoms with van der Waals surface area (Å²) in [5, 5.41) is 8.65. The number of carboxylic acids is 1. The first-order chi connectivity index (χ1) is 7.91. The second-order valence-corrected chi connectivity index (χ2v) is 5.60. The molecule has 0 spiro atoms. The molecule has 0 radical (unpaired) electrons. The van der Waals surface area contributed by atoms with Crippen molar-refractivity contribution in [2.45, 2.75) is 66.2 Å². The molecule has 2 atom stereocenters. The maximum absolute atomic E-state index is 10.5. The molecular formula is C15H28O2. The van der Waals surface area contributed by atoms with E-state index in [1.54, 1.807) is 0 Å². The lowest BCUT2D eigenvalue weighted by Crippen LogP contribution is -2.05. The van der Waals surface area contributed by atoms with Crippen LogP contribution in [0.1, 0.15) is 66.2 Å². The van der Waals surface area contributed by atoms with E-state index >= 15 is 0 Å². The number of aliphatic carboxylic acids is 1. The molecule has 0 bridgehead atoms. The van der Waals surface area contributed by atoms with Crippen molar-refractivity contribution in [1.29, 1.82) is 0 Å². The van der Waals surface area contributed by atoms with Gasteiger partial charge in [0.2, 0.25) is 0 Å². The Morgan fingerprint density at radius 1 is 1.12 bits per heavy atom. The Balaban J connectivity index is 3.53. The zero-order valence-corrected chi connectivity index (χ0v) is 11.8. The first-order valence-electron chi connectivity index (χ1n) is 6.77. The van der Waals surface area contributed by atoms with Crippen LogP contribution < -0.4 is 0 Å². The molecule has 0 aromatic carbocycles. The summed E-state index contributed by atoms with van der Waals surface area (Å²) in [5.41, 5.74) is 1.40. The second-order valence-electron chi connectivity index (χ2n) is 5.60. The lowest BCUT2D eigenvalue weighted by Gasteiger charge is -2.12. The summed E-state index contributed by atoms with van der Waals surface area (Å²) in [6.45, 7) is 8.60. The molecular weight excluding hydrogens is 212 g/mol. The van der Waals surface area contributed by atoms with Crippen molar-refractivity contribution in [3.05, 3.63) is 11.6 Å². The summed E-state index contributed by atoms with van der Waals surface area (Å²) < 4.78 is 0. The number of hydrogen-bond donors (Lipinski definition) is 1. The molecule has 0 aliphatic heterocycles. The fraction of sp³-hybridized carbons (Fsp3) is 0.800. The first-order valence-corrected chi connectivity index (χ1v) is 6.77. The van der Waals surface area contributed by atoms with Crippen LogP contribution in [0.3, 0.4) is 0 Å². The van der Waals surface area contributed by atoms with Crippen molar-refractivity contribution in [2.75, 3.05) is 0 Å². The highest BCUT2D eigenvalue weighted by Crippen LogP contribution is 2.18. The van der Waals surface area contributed by atoms with Gasteiger partial charge in [0, 0.05) is 6.42 Å². The fourth-order valence-electron chi connectivity index (χ4n) is 2.02. The first kappa shape index (κ1) is 16.2. The highest BCUT2D eigenvalue weighted by atomic mass is 16.4. The molecule has 0 amide bonds. The SMILES string of the molecule is CC(C)=CCC[C@H](C)CCC[C@H](C)CC(=O)O. The molecule has 0 unspecified atom stereocenters. The van der Waals surface area contributed by atoms with Gasteiger partial charge in [0.1, 0.15) is 0 Å². The standard InChI is InChI=1S/C15H28O2/c1-12(2)7-5-8-13(3)9-6-10-14(4)11-15(16)17/h7,13-14H,5-6,8-11H2,1-4H3,(H,16,17)/t13-,14-/m0/s1. The molecule has 1 N–H and O–H groups in total. The fourth-order valence-corrected chi connectivity index (χ4v) is 2.02. The van der Waals surface area contributed by atoms with Gasteiger partial charge in [-0.05, 0) is 38.5 Å². The van der Waals surface area contributed by atoms with Gasteiger partial charge in [-0.25, -0.2) is 0 Å². The van der Waals surface area contributed by atoms with Crippen molar-refractivity contribution < 1.29 is 9.90 Å². The van der Waals surface area contributed by atoms with Crippen LogP contribution in [-0.2, 0) is 4.79 Å². The van der Waals surface area contributed by atoms with E-state index in [1.165, 1.54) is 24.8 Å². The Hall–Kier alpha value is -0.790. The minimum Gasteiger partial charge on any atom is -0.481 e. The highest BCUT2D eigenvalue weighted by molar-refractivity contribution is 5.66. The van der Waals surface area contributed by atoms with Crippen LogP contribution in [0.4, 0.5) is 0 Å². The van der Waals surface area contributed by atoms with Crippen LogP contribution in [0.2, 0.25) is 0 Å². The van der Waals surface area contributed by atoms with Gasteiger partial charge in [0.15, 0.2) is 0 Å². The van der Waals surface area contributed by atoms with E-state index in [4.69, 9.17) is 5.11 Å². The van der Waals surface area contributed by atoms with Gasteiger partial charge in [0.05, 0.1) is 0 Å². The highest BCUT2D eigenvalue weighted by Gasteiger charge is 2.08. The largest absolute Gasteiger partial charge is 0.481 e. The van der Waals surface area contributed by atoms with Gasteiger partial charge in [-0.15, -0.1) is 0 Å². The molecule has 0 aliphatic carbocycles. The van der Waals surface area contributed by atoms with E-state index in [2.05, 4.69) is 26.8 Å². The van der Waals surface area contributed by atoms with Crippen molar-refractivity contribution in [2.24, 2.45) is 11.8 Å². The molecule has 0 aromatic rings. The van der Waals surface area contributed by atoms with E-state index in [0.29, 0.717) is 12.3 Å². The third-order valence-electron chi connectivity index (χ3n) is 3.13. The zero-order chi connectivity index (χ0) is 13.3. The Labute approximate surface area is 106 Å². The summed E-state index contributed by atoms with van der Waals surface area (Å²) in [7, 11) is 0. The molecule has 0 rings (SSSR count). The quantitative estimate of drug-likeness (QED) is 0.596. The lowest BCUT2D eigenvalue weighted by atomic mass is 9.94. The average Bonchev–Trinajstić information content (AvgIpc) is 2.15. The normalized spacial score (nSPS) is 14.1. The molecule has 0 heterocycles. The van der Waals surface area contributed by atoms with Crippen LogP contribution >= 0.6 is 0 Å². The van der Waals surface area contributed by atoms with E-state index in [-0.39, 0.29) is 0 Å². The van der Waals surface area contributed by atoms with Crippen LogP contribution in [0.15, 0.2) is 11.6 Å². The van der Waals surface area contributed by atoms with E-state index in [9.17, 15) is 4.79 Å². The van der Waals surface area contributed by atoms with E-state index in [1.807, 2.05) is 6.92 Å². The maximum atomic E-state index is 10.5. The molecule has 100 valence electrons. The number of allylic oxidation sites excluding steroid dienone is 2. The second kappa shape index (κ2) is 9.26. The van der Waals surface area contributed by atoms with Gasteiger partial charge in [-0.1, -0.05) is 44.8 Å². The summed E-state index contributed by atoms with van der Waals surface area (Å²) in [6.07, 6.45) is 8.45. The molecule has 17 heavy (non-hydrogen) atoms. The van der Waals surface area contributed by atoms with Crippen LogP contribution in [-0.4, -0.2) is 11.1 Å². The third-order valence-corrected chi connectivity index (χ3v) is 3.13. The van der Waals surface area contributed by atoms with Crippen LogP contribution in [0, 0.1) is 11.8 Å². The molecule has 0 saturated heterocycles. The molecule has 0 saturated carbocycles. The molecule has 0 aliphatic rings. The minimum absolute atomic E-state index is 0.312. The summed E-state index contributed by atoms with van der Waals surface area (Å²) in [4.78, 5) is 10.5. The predicted octanol–water partition coefficient (Wildman–Crippen LogP) is 4.65. The summed E-state index contributed by atoms with van der Waals surface area (Å²) in [6, 6.07) is 0. The Kier molecular flexibility index (Phi) is 8.83. The Morgan fingerprint density at radius 2 is 1.71 bits per heavy atom. The summed E-state index contributed by atoms with van der Waals surface area (Å²) in [5.74, 6) is 0.397. The van der Waals surface area contributed by atoms with Gasteiger partial charge in [-0.3, -0.25) is 4.79 Å². The van der Waals surface area contributed by atoms with Crippen molar-refractivity contribution in [1.82, 2.24) is 0 Å². The molecule has 2 heteroatoms. The van der Waals surface area contributed by atoms with Crippen LogP contribution in [0.5, 0.6) is 0 Å². The molecule has 0 fully saturated rings. The molecule has 2 nitrogen and oxygen atoms in total. The van der Waals surface area contributed by atoms with E-state index < -0.39 is 5.97 Å². The molecule has 0 aromatic heterocycles. The monoisotopic (exact) mass is 240 g/mol. The average molecular weight is 240 g/mol. The predicted molar refractivity (Wildman–Crippen MR) is 73.1 cm³/mol. The topological polar surface area (TPSA) is 37.3 Å². The van der Waals surface area contributed by atoms with Crippen molar-refractivity contribution in [3.63, 3.8) is 0 Å². The zero-order valence-electron chi connectivity index (χ0n) is 11.8. The number of carboxylic acid groups (broad SMARTS) is 1. The number of hydrogen-bond acceptors (Lipinski definition) is 1. The minimum atomic E-state index is -0.672. The van der Waals surface area contributed by atoms with Crippen molar-refractivity contribution >= 4 is 5.97 Å². The van der Waals surface area contributed by atoms with Crippen LogP contribution in [0.25, 0.3) is 0 Å². The lowest BCUT2D eigenvalue weighted by molar-refractivity contribution is -0.138. The van der Waals surface area contributed by atoms with Gasteiger partial charge >= 0.3 is 5.97 Å². The Bertz CT molecular complexity index is 239. The van der Waals surface area contributed by atoms with Gasteiger partial charge in [-0.2, -0.15) is 0 Å². The number of carbonyl (C=O) groups is 1. The van der Waals surface area contributed by atoms with Crippen molar-refractivity contribution in [3.8, 4) is 0 Å². The summed E-state index contributed by atoms with van der Waals surface area (Å²) >= 11 is 0. The number of rotatable bonds is 9. The maximum Gasteiger partial charge on any atom is 0.303 e. The Morgan fingerprint density at radius 3 is 2.24 bits per heavy atom. The third kappa shape index (κ3) is 11.5. The van der Waals surface area contributed by atoms with Gasteiger partial charge < -0.3 is 5.11 Å². The van der Waals surface area contributed by atoms with Gasteiger partial charge in [0.25, 0.3) is 0 Å².